The van der Waals surface area contributed by atoms with Gasteiger partial charge in [0.2, 0.25) is 0 Å². The number of alkyl halides is 2. The number of para-hydroxylation sites is 2. The van der Waals surface area contributed by atoms with E-state index in [-0.39, 0.29) is 22.1 Å². The van der Waals surface area contributed by atoms with Crippen LogP contribution in [-0.2, 0) is 11.3 Å². The minimum absolute atomic E-state index is 0.0765. The zero-order chi connectivity index (χ0) is 21.4. The van der Waals surface area contributed by atoms with Crippen LogP contribution < -0.4 is 0 Å². The summed E-state index contributed by atoms with van der Waals surface area (Å²) < 4.78 is 34.5. The highest BCUT2D eigenvalue weighted by Gasteiger charge is 2.21. The van der Waals surface area contributed by atoms with E-state index in [4.69, 9.17) is 16.3 Å². The first kappa shape index (κ1) is 20.0. The maximum absolute atomic E-state index is 13.5. The molecule has 0 radical (unpaired) electrons. The van der Waals surface area contributed by atoms with Crippen LogP contribution in [0.3, 0.4) is 0 Å². The van der Waals surface area contributed by atoms with E-state index in [1.54, 1.807) is 28.9 Å². The Morgan fingerprint density at radius 1 is 1.17 bits per heavy atom. The highest BCUT2D eigenvalue weighted by atomic mass is 35.5. The molecule has 0 fully saturated rings. The average Bonchev–Trinajstić information content (AvgIpc) is 3.25. The van der Waals surface area contributed by atoms with Gasteiger partial charge in [0.15, 0.2) is 17.3 Å². The molecule has 0 aliphatic rings. The zero-order valence-electron chi connectivity index (χ0n) is 16.0. The molecule has 0 aliphatic carbocycles. The first-order valence-corrected chi connectivity index (χ1v) is 9.34. The third-order valence-electron chi connectivity index (χ3n) is 4.45. The molecule has 0 saturated carbocycles. The Labute approximate surface area is 174 Å². The van der Waals surface area contributed by atoms with Gasteiger partial charge in [-0.25, -0.2) is 19.4 Å². The largest absolute Gasteiger partial charge is 0.453 e. The van der Waals surface area contributed by atoms with Gasteiger partial charge >= 0.3 is 12.5 Å². The Morgan fingerprint density at radius 2 is 1.93 bits per heavy atom. The quantitative estimate of drug-likeness (QED) is 0.430. The second-order valence-corrected chi connectivity index (χ2v) is 6.99. The molecule has 1 aromatic carbocycles. The summed E-state index contributed by atoms with van der Waals surface area (Å²) in [6.45, 7) is 0.398. The van der Waals surface area contributed by atoms with Crippen molar-refractivity contribution in [1.29, 1.82) is 0 Å². The second-order valence-electron chi connectivity index (χ2n) is 6.58. The third kappa shape index (κ3) is 3.63. The van der Waals surface area contributed by atoms with Crippen LogP contribution in [-0.4, -0.2) is 30.3 Å². The van der Waals surface area contributed by atoms with Gasteiger partial charge in [0, 0.05) is 5.69 Å². The van der Waals surface area contributed by atoms with Gasteiger partial charge in [-0.05, 0) is 44.2 Å². The Morgan fingerprint density at radius 3 is 2.63 bits per heavy atom. The molecule has 0 N–H and O–H groups in total. The Hall–Kier alpha value is -3.33. The normalized spacial score (nSPS) is 11.4. The van der Waals surface area contributed by atoms with E-state index in [0.29, 0.717) is 11.3 Å². The molecule has 0 bridgehead atoms. The number of pyridine rings is 1. The van der Waals surface area contributed by atoms with E-state index in [1.807, 2.05) is 19.9 Å². The first-order valence-electron chi connectivity index (χ1n) is 8.96. The molecule has 3 aromatic heterocycles. The number of halogens is 3. The fourth-order valence-corrected chi connectivity index (χ4v) is 3.35. The molecule has 0 atom stereocenters. The summed E-state index contributed by atoms with van der Waals surface area (Å²) in [6.07, 6.45) is 0. The summed E-state index contributed by atoms with van der Waals surface area (Å²) in [7, 11) is 0. The molecule has 4 aromatic rings. The van der Waals surface area contributed by atoms with Crippen molar-refractivity contribution in [3.63, 3.8) is 0 Å². The van der Waals surface area contributed by atoms with E-state index in [1.165, 1.54) is 12.1 Å². The molecule has 10 heteroatoms. The number of fused-ring (bicyclic) bond motifs is 1. The number of benzene rings is 1. The van der Waals surface area contributed by atoms with E-state index < -0.39 is 19.1 Å². The lowest BCUT2D eigenvalue weighted by Crippen LogP contribution is -2.13. The fourth-order valence-electron chi connectivity index (χ4n) is 3.17. The molecule has 0 aliphatic heterocycles. The van der Waals surface area contributed by atoms with Gasteiger partial charge in [0.1, 0.15) is 6.61 Å². The maximum Gasteiger partial charge on any atom is 0.359 e. The Balaban J connectivity index is 1.61. The highest BCUT2D eigenvalue weighted by molar-refractivity contribution is 6.33. The van der Waals surface area contributed by atoms with Crippen LogP contribution >= 0.6 is 11.6 Å². The highest BCUT2D eigenvalue weighted by Crippen LogP contribution is 2.24. The number of esters is 1. The second kappa shape index (κ2) is 7.83. The van der Waals surface area contributed by atoms with E-state index in [2.05, 4.69) is 15.1 Å². The molecular weight excluding hydrogens is 416 g/mol. The molecule has 154 valence electrons. The lowest BCUT2D eigenvalue weighted by atomic mass is 10.3. The van der Waals surface area contributed by atoms with Crippen LogP contribution in [0.15, 0.2) is 42.5 Å². The standard InChI is InChI=1S/C20H16ClF2N5O2/c1-11-9-12(2)28(26-11)16-8-7-13(21)18(25-16)19(29)30-10-17-24-14-5-3-4-6-15(14)27(17)20(22)23/h3-9,20H,10H2,1-2H3. The van der Waals surface area contributed by atoms with Crippen molar-refractivity contribution in [1.82, 2.24) is 24.3 Å². The predicted molar refractivity (Wildman–Crippen MR) is 106 cm³/mol. The number of aromatic nitrogens is 5. The van der Waals surface area contributed by atoms with Crippen molar-refractivity contribution >= 4 is 28.6 Å². The molecule has 0 spiro atoms. The minimum atomic E-state index is -2.83. The number of aryl methyl sites for hydroxylation is 2. The van der Waals surface area contributed by atoms with E-state index >= 15 is 0 Å². The van der Waals surface area contributed by atoms with Crippen LogP contribution in [0, 0.1) is 13.8 Å². The van der Waals surface area contributed by atoms with Crippen molar-refractivity contribution in [2.75, 3.05) is 0 Å². The van der Waals surface area contributed by atoms with Gasteiger partial charge in [-0.2, -0.15) is 13.9 Å². The number of carbonyl (C=O) groups is 1. The van der Waals surface area contributed by atoms with Crippen LogP contribution in [0.1, 0.15) is 34.3 Å². The van der Waals surface area contributed by atoms with Gasteiger partial charge < -0.3 is 4.74 Å². The van der Waals surface area contributed by atoms with Gasteiger partial charge in [-0.3, -0.25) is 4.57 Å². The lowest BCUT2D eigenvalue weighted by molar-refractivity contribution is 0.0382. The number of nitrogens with zero attached hydrogens (tertiary/aromatic N) is 5. The van der Waals surface area contributed by atoms with Gasteiger partial charge in [-0.1, -0.05) is 23.7 Å². The molecule has 0 saturated heterocycles. The molecule has 30 heavy (non-hydrogen) atoms. The molecule has 0 amide bonds. The maximum atomic E-state index is 13.5. The number of hydrogen-bond acceptors (Lipinski definition) is 5. The molecule has 7 nitrogen and oxygen atoms in total. The number of carbonyl (C=O) groups excluding carboxylic acids is 1. The summed E-state index contributed by atoms with van der Waals surface area (Å²) in [5.74, 6) is -0.543. The van der Waals surface area contributed by atoms with Crippen molar-refractivity contribution in [2.45, 2.75) is 27.0 Å². The van der Waals surface area contributed by atoms with E-state index in [9.17, 15) is 13.6 Å². The van der Waals surface area contributed by atoms with Crippen molar-refractivity contribution < 1.29 is 18.3 Å². The van der Waals surface area contributed by atoms with Crippen LogP contribution in [0.5, 0.6) is 0 Å². The van der Waals surface area contributed by atoms with Crippen molar-refractivity contribution in [3.05, 3.63) is 70.4 Å². The molecule has 4 rings (SSSR count). The van der Waals surface area contributed by atoms with Crippen LogP contribution in [0.2, 0.25) is 5.02 Å². The summed E-state index contributed by atoms with van der Waals surface area (Å²) >= 11 is 6.12. The topological polar surface area (TPSA) is 74.8 Å². The number of rotatable bonds is 5. The summed E-state index contributed by atoms with van der Waals surface area (Å²) in [6, 6.07) is 11.4. The number of imidazole rings is 1. The van der Waals surface area contributed by atoms with Gasteiger partial charge in [0.05, 0.1) is 21.7 Å². The van der Waals surface area contributed by atoms with Crippen LogP contribution in [0.4, 0.5) is 8.78 Å². The molecule has 0 unspecified atom stereocenters. The van der Waals surface area contributed by atoms with Crippen LogP contribution in [0.25, 0.3) is 16.9 Å². The predicted octanol–water partition coefficient (Wildman–Crippen LogP) is 4.64. The summed E-state index contributed by atoms with van der Waals surface area (Å²) in [5.41, 5.74) is 2.11. The molecule has 3 heterocycles. The SMILES string of the molecule is Cc1cc(C)n(-c2ccc(Cl)c(C(=O)OCc3nc4ccccc4n3C(F)F)n2)n1. The zero-order valence-corrected chi connectivity index (χ0v) is 16.8. The smallest absolute Gasteiger partial charge is 0.359 e. The Kier molecular flexibility index (Phi) is 5.21. The van der Waals surface area contributed by atoms with Gasteiger partial charge in [-0.15, -0.1) is 0 Å². The summed E-state index contributed by atoms with van der Waals surface area (Å²) in [4.78, 5) is 21.0. The fraction of sp³-hybridized carbons (Fsp3) is 0.200. The average molecular weight is 432 g/mol. The monoisotopic (exact) mass is 431 g/mol. The van der Waals surface area contributed by atoms with E-state index in [0.717, 1.165) is 16.0 Å². The molecular formula is C20H16ClF2N5O2. The number of ether oxygens (including phenoxy) is 1. The number of hydrogen-bond donors (Lipinski definition) is 0. The van der Waals surface area contributed by atoms with Gasteiger partial charge in [0.25, 0.3) is 0 Å². The third-order valence-corrected chi connectivity index (χ3v) is 4.75. The Bertz CT molecular complexity index is 1250. The van der Waals surface area contributed by atoms with Crippen molar-refractivity contribution in [3.8, 4) is 5.82 Å². The first-order chi connectivity index (χ1) is 14.3. The summed E-state index contributed by atoms with van der Waals surface area (Å²) in [5, 5.41) is 4.40. The minimum Gasteiger partial charge on any atom is -0.453 e. The lowest BCUT2D eigenvalue weighted by Gasteiger charge is -2.10. The van der Waals surface area contributed by atoms with Crippen molar-refractivity contribution in [2.24, 2.45) is 0 Å².